The van der Waals surface area contributed by atoms with Gasteiger partial charge in [-0.2, -0.15) is 0 Å². The monoisotopic (exact) mass is 512 g/mol. The molecule has 0 fully saturated rings. The molecule has 38 heavy (non-hydrogen) atoms. The Kier molecular flexibility index (Phi) is 10.3. The van der Waals surface area contributed by atoms with Crippen LogP contribution < -0.4 is 15.5 Å². The summed E-state index contributed by atoms with van der Waals surface area (Å²) in [5.41, 5.74) is 5.70. The Labute approximate surface area is 226 Å². The lowest BCUT2D eigenvalue weighted by Crippen LogP contribution is -2.33. The Balaban J connectivity index is 1.43. The number of hydrogen-bond donors (Lipinski definition) is 2. The SMILES string of the molecule is CCCCCCCCCC(=O)Nc1ccc(N2CCc3ccccc3C2)c(C(=O)NCc2cccnc2)c1. The summed E-state index contributed by atoms with van der Waals surface area (Å²) in [6, 6.07) is 18.0. The molecule has 2 aromatic carbocycles. The maximum absolute atomic E-state index is 13.4. The lowest BCUT2D eigenvalue weighted by atomic mass is 9.98. The van der Waals surface area contributed by atoms with Crippen LogP contribution in [0.25, 0.3) is 0 Å². The molecule has 1 aliphatic heterocycles. The summed E-state index contributed by atoms with van der Waals surface area (Å²) in [7, 11) is 0. The van der Waals surface area contributed by atoms with E-state index in [0.29, 0.717) is 24.2 Å². The van der Waals surface area contributed by atoms with Crippen molar-refractivity contribution in [2.45, 2.75) is 77.8 Å². The Hall–Kier alpha value is -3.67. The first-order valence-corrected chi connectivity index (χ1v) is 14.1. The number of carbonyl (C=O) groups is 2. The molecular formula is C32H40N4O2. The zero-order valence-corrected chi connectivity index (χ0v) is 22.5. The van der Waals surface area contributed by atoms with Gasteiger partial charge in [0, 0.05) is 49.8 Å². The van der Waals surface area contributed by atoms with Gasteiger partial charge < -0.3 is 15.5 Å². The summed E-state index contributed by atoms with van der Waals surface area (Å²) < 4.78 is 0. The molecule has 200 valence electrons. The molecular weight excluding hydrogens is 472 g/mol. The van der Waals surface area contributed by atoms with E-state index in [2.05, 4.69) is 51.7 Å². The molecule has 1 aromatic heterocycles. The van der Waals surface area contributed by atoms with Gasteiger partial charge in [-0.1, -0.05) is 75.8 Å². The van der Waals surface area contributed by atoms with Gasteiger partial charge in [-0.05, 0) is 53.8 Å². The van der Waals surface area contributed by atoms with Gasteiger partial charge in [0.25, 0.3) is 5.91 Å². The first kappa shape index (κ1) is 27.4. The molecule has 0 unspecified atom stereocenters. The predicted molar refractivity (Wildman–Crippen MR) is 154 cm³/mol. The van der Waals surface area contributed by atoms with Crippen molar-refractivity contribution in [2.75, 3.05) is 16.8 Å². The third kappa shape index (κ3) is 7.91. The highest BCUT2D eigenvalue weighted by molar-refractivity contribution is 6.02. The van der Waals surface area contributed by atoms with E-state index in [1.165, 1.54) is 43.2 Å². The van der Waals surface area contributed by atoms with Gasteiger partial charge in [0.15, 0.2) is 0 Å². The first-order chi connectivity index (χ1) is 18.6. The second kappa shape index (κ2) is 14.3. The maximum atomic E-state index is 13.4. The van der Waals surface area contributed by atoms with E-state index in [1.54, 1.807) is 12.4 Å². The van der Waals surface area contributed by atoms with Gasteiger partial charge in [0.05, 0.1) is 5.56 Å². The van der Waals surface area contributed by atoms with E-state index < -0.39 is 0 Å². The molecule has 2 amide bonds. The van der Waals surface area contributed by atoms with E-state index in [9.17, 15) is 9.59 Å². The third-order valence-corrected chi connectivity index (χ3v) is 7.18. The van der Waals surface area contributed by atoms with Gasteiger partial charge in [-0.15, -0.1) is 0 Å². The van der Waals surface area contributed by atoms with Crippen LogP contribution >= 0.6 is 0 Å². The van der Waals surface area contributed by atoms with Crippen molar-refractivity contribution >= 4 is 23.2 Å². The van der Waals surface area contributed by atoms with Crippen LogP contribution in [-0.4, -0.2) is 23.3 Å². The lowest BCUT2D eigenvalue weighted by Gasteiger charge is -2.32. The highest BCUT2D eigenvalue weighted by Crippen LogP contribution is 2.30. The summed E-state index contributed by atoms with van der Waals surface area (Å²) in [5.74, 6) is -0.161. The highest BCUT2D eigenvalue weighted by atomic mass is 16.2. The molecule has 0 saturated carbocycles. The minimum absolute atomic E-state index is 0.0000684. The first-order valence-electron chi connectivity index (χ1n) is 14.1. The fourth-order valence-corrected chi connectivity index (χ4v) is 5.02. The number of anilines is 2. The number of carbonyl (C=O) groups excluding carboxylic acids is 2. The Morgan fingerprint density at radius 3 is 2.50 bits per heavy atom. The van der Waals surface area contributed by atoms with Gasteiger partial charge in [-0.3, -0.25) is 14.6 Å². The molecule has 1 aliphatic rings. The molecule has 3 aromatic rings. The van der Waals surface area contributed by atoms with Crippen LogP contribution in [0.15, 0.2) is 67.0 Å². The van der Waals surface area contributed by atoms with Gasteiger partial charge >= 0.3 is 0 Å². The van der Waals surface area contributed by atoms with Crippen LogP contribution in [0, 0.1) is 0 Å². The second-order valence-corrected chi connectivity index (χ2v) is 10.1. The van der Waals surface area contributed by atoms with Crippen LogP contribution in [-0.2, 0) is 24.3 Å². The molecule has 0 bridgehead atoms. The Morgan fingerprint density at radius 2 is 1.71 bits per heavy atom. The number of benzene rings is 2. The molecule has 4 rings (SSSR count). The van der Waals surface area contributed by atoms with Crippen molar-refractivity contribution in [3.05, 3.63) is 89.2 Å². The summed E-state index contributed by atoms with van der Waals surface area (Å²) in [5, 5.41) is 6.06. The minimum atomic E-state index is -0.161. The highest BCUT2D eigenvalue weighted by Gasteiger charge is 2.22. The fraction of sp³-hybridized carbons (Fsp3) is 0.406. The van der Waals surface area contributed by atoms with Crippen molar-refractivity contribution in [1.29, 1.82) is 0 Å². The number of rotatable bonds is 13. The van der Waals surface area contributed by atoms with Crippen LogP contribution in [0.2, 0.25) is 0 Å². The number of hydrogen-bond acceptors (Lipinski definition) is 4. The van der Waals surface area contributed by atoms with Crippen LogP contribution in [0.4, 0.5) is 11.4 Å². The minimum Gasteiger partial charge on any atom is -0.366 e. The van der Waals surface area contributed by atoms with Crippen molar-refractivity contribution < 1.29 is 9.59 Å². The quantitative estimate of drug-likeness (QED) is 0.251. The van der Waals surface area contributed by atoms with E-state index >= 15 is 0 Å². The van der Waals surface area contributed by atoms with Crippen molar-refractivity contribution in [3.63, 3.8) is 0 Å². The number of unbranched alkanes of at least 4 members (excludes halogenated alkanes) is 6. The van der Waals surface area contributed by atoms with Crippen molar-refractivity contribution in [2.24, 2.45) is 0 Å². The molecule has 0 atom stereocenters. The van der Waals surface area contributed by atoms with E-state index in [0.717, 1.165) is 43.6 Å². The average molecular weight is 513 g/mol. The van der Waals surface area contributed by atoms with Crippen LogP contribution in [0.1, 0.15) is 85.3 Å². The molecule has 0 aliphatic carbocycles. The predicted octanol–water partition coefficient (Wildman–Crippen LogP) is 6.65. The van der Waals surface area contributed by atoms with E-state index in [-0.39, 0.29) is 11.8 Å². The molecule has 0 radical (unpaired) electrons. The Morgan fingerprint density at radius 1 is 0.921 bits per heavy atom. The summed E-state index contributed by atoms with van der Waals surface area (Å²) >= 11 is 0. The normalized spacial score (nSPS) is 12.6. The van der Waals surface area contributed by atoms with E-state index in [1.807, 2.05) is 30.3 Å². The smallest absolute Gasteiger partial charge is 0.253 e. The number of nitrogens with one attached hydrogen (secondary N) is 2. The van der Waals surface area contributed by atoms with E-state index in [4.69, 9.17) is 0 Å². The summed E-state index contributed by atoms with van der Waals surface area (Å²) in [6.07, 6.45) is 13.1. The zero-order chi connectivity index (χ0) is 26.6. The van der Waals surface area contributed by atoms with Crippen molar-refractivity contribution in [1.82, 2.24) is 10.3 Å². The number of amides is 2. The molecule has 6 heteroatoms. The topological polar surface area (TPSA) is 74.3 Å². The second-order valence-electron chi connectivity index (χ2n) is 10.1. The number of nitrogens with zero attached hydrogens (tertiary/aromatic N) is 2. The van der Waals surface area contributed by atoms with Crippen LogP contribution in [0.3, 0.4) is 0 Å². The number of fused-ring (bicyclic) bond motifs is 1. The zero-order valence-electron chi connectivity index (χ0n) is 22.5. The number of aromatic nitrogens is 1. The third-order valence-electron chi connectivity index (χ3n) is 7.18. The van der Waals surface area contributed by atoms with Crippen LogP contribution in [0.5, 0.6) is 0 Å². The molecule has 6 nitrogen and oxygen atoms in total. The number of pyridine rings is 1. The lowest BCUT2D eigenvalue weighted by molar-refractivity contribution is -0.116. The molecule has 2 N–H and O–H groups in total. The molecule has 2 heterocycles. The largest absolute Gasteiger partial charge is 0.366 e. The fourth-order valence-electron chi connectivity index (χ4n) is 5.02. The van der Waals surface area contributed by atoms with Gasteiger partial charge in [0.2, 0.25) is 5.91 Å². The summed E-state index contributed by atoms with van der Waals surface area (Å²) in [4.78, 5) is 32.4. The molecule has 0 saturated heterocycles. The summed E-state index contributed by atoms with van der Waals surface area (Å²) in [6.45, 7) is 4.20. The maximum Gasteiger partial charge on any atom is 0.253 e. The average Bonchev–Trinajstić information content (AvgIpc) is 2.95. The van der Waals surface area contributed by atoms with Gasteiger partial charge in [-0.25, -0.2) is 0 Å². The standard InChI is InChI=1S/C32H40N4O2/c1-2-3-4-5-6-7-8-15-31(37)35-28-16-17-30(36-20-18-26-13-9-10-14-27(26)24-36)29(21-28)32(38)34-23-25-12-11-19-33-22-25/h9-14,16-17,19,21-22H,2-8,15,18,20,23-24H2,1H3,(H,34,38)(H,35,37). The van der Waals surface area contributed by atoms with Gasteiger partial charge in [0.1, 0.15) is 0 Å². The van der Waals surface area contributed by atoms with Crippen molar-refractivity contribution in [3.8, 4) is 0 Å². The molecule has 0 spiro atoms. The Bertz CT molecular complexity index is 1200.